The molecule has 1 aromatic carbocycles. The molecule has 0 aliphatic rings. The second-order valence-electron chi connectivity index (χ2n) is 7.34. The smallest absolute Gasteiger partial charge is 0.273 e. The molecular formula is C21H20F3N3. The van der Waals surface area contributed by atoms with Crippen molar-refractivity contribution >= 4 is 12.2 Å². The maximum absolute atomic E-state index is 12.7. The number of nitrogens with zero attached hydrogens (tertiary/aromatic N) is 2. The van der Waals surface area contributed by atoms with Gasteiger partial charge in [0, 0.05) is 6.20 Å². The first kappa shape index (κ1) is 18.9. The Morgan fingerprint density at radius 3 is 2.11 bits per heavy atom. The van der Waals surface area contributed by atoms with Crippen molar-refractivity contribution in [3.63, 3.8) is 0 Å². The van der Waals surface area contributed by atoms with Crippen molar-refractivity contribution in [1.29, 1.82) is 0 Å². The van der Waals surface area contributed by atoms with Crippen LogP contribution in [0.2, 0.25) is 0 Å². The van der Waals surface area contributed by atoms with Crippen LogP contribution in [0.25, 0.3) is 23.5 Å². The van der Waals surface area contributed by atoms with Gasteiger partial charge in [-0.25, -0.2) is 0 Å². The molecule has 0 radical (unpaired) electrons. The van der Waals surface area contributed by atoms with Gasteiger partial charge in [0.2, 0.25) is 0 Å². The predicted molar refractivity (Wildman–Crippen MR) is 101 cm³/mol. The Labute approximate surface area is 156 Å². The number of nitrogens with one attached hydrogen (secondary N) is 1. The molecule has 0 saturated heterocycles. The number of pyridine rings is 1. The molecule has 1 N–H and O–H groups in total. The molecular weight excluding hydrogens is 351 g/mol. The molecule has 0 spiro atoms. The molecule has 2 aromatic heterocycles. The van der Waals surface area contributed by atoms with Crippen LogP contribution < -0.4 is 0 Å². The standard InChI is InChI=1S/C21H20F3N3/c1-20(2,3)16-8-6-14(7-9-16)4-5-15-10-11-25-17(12-15)18-13-19(27-26-18)21(22,23)24/h4-13H,1-3H3,(H,26,27). The number of hydrogen-bond acceptors (Lipinski definition) is 2. The lowest BCUT2D eigenvalue weighted by atomic mass is 9.87. The van der Waals surface area contributed by atoms with Crippen molar-refractivity contribution in [1.82, 2.24) is 15.2 Å². The number of H-pyrrole nitrogens is 1. The van der Waals surface area contributed by atoms with E-state index in [9.17, 15) is 13.2 Å². The Balaban J connectivity index is 1.80. The van der Waals surface area contributed by atoms with Crippen molar-refractivity contribution in [3.05, 3.63) is 71.0 Å². The summed E-state index contributed by atoms with van der Waals surface area (Å²) in [6.45, 7) is 6.49. The van der Waals surface area contributed by atoms with Gasteiger partial charge in [0.1, 0.15) is 11.4 Å². The van der Waals surface area contributed by atoms with E-state index in [2.05, 4.69) is 43.0 Å². The highest BCUT2D eigenvalue weighted by molar-refractivity contribution is 5.71. The highest BCUT2D eigenvalue weighted by Crippen LogP contribution is 2.30. The zero-order chi connectivity index (χ0) is 19.7. The second kappa shape index (κ2) is 7.02. The predicted octanol–water partition coefficient (Wildman–Crippen LogP) is 5.96. The molecule has 0 aliphatic heterocycles. The van der Waals surface area contributed by atoms with Crippen molar-refractivity contribution in [3.8, 4) is 11.4 Å². The number of aromatic amines is 1. The average molecular weight is 371 g/mol. The number of hydrogen-bond donors (Lipinski definition) is 1. The fraction of sp³-hybridized carbons (Fsp3) is 0.238. The lowest BCUT2D eigenvalue weighted by Crippen LogP contribution is -2.10. The zero-order valence-electron chi connectivity index (χ0n) is 15.3. The molecule has 6 heteroatoms. The number of halogens is 3. The lowest BCUT2D eigenvalue weighted by molar-refractivity contribution is -0.141. The Morgan fingerprint density at radius 2 is 1.52 bits per heavy atom. The topological polar surface area (TPSA) is 41.6 Å². The van der Waals surface area contributed by atoms with Gasteiger partial charge in [-0.15, -0.1) is 0 Å². The Kier molecular flexibility index (Phi) is 4.91. The van der Waals surface area contributed by atoms with Gasteiger partial charge >= 0.3 is 6.18 Å². The van der Waals surface area contributed by atoms with Crippen molar-refractivity contribution in [2.24, 2.45) is 0 Å². The molecule has 0 fully saturated rings. The quantitative estimate of drug-likeness (QED) is 0.617. The molecule has 0 amide bonds. The van der Waals surface area contributed by atoms with Crippen LogP contribution in [-0.2, 0) is 11.6 Å². The van der Waals surface area contributed by atoms with E-state index in [1.54, 1.807) is 18.3 Å². The zero-order valence-corrected chi connectivity index (χ0v) is 15.3. The maximum Gasteiger partial charge on any atom is 0.432 e. The van der Waals surface area contributed by atoms with Gasteiger partial charge < -0.3 is 0 Å². The molecule has 0 bridgehead atoms. The van der Waals surface area contributed by atoms with Gasteiger partial charge in [-0.3, -0.25) is 10.1 Å². The second-order valence-corrected chi connectivity index (χ2v) is 7.34. The van der Waals surface area contributed by atoms with Crippen LogP contribution in [-0.4, -0.2) is 15.2 Å². The first-order valence-corrected chi connectivity index (χ1v) is 8.50. The van der Waals surface area contributed by atoms with E-state index in [-0.39, 0.29) is 11.1 Å². The summed E-state index contributed by atoms with van der Waals surface area (Å²) in [5.41, 5.74) is 2.88. The minimum absolute atomic E-state index is 0.0983. The largest absolute Gasteiger partial charge is 0.432 e. The summed E-state index contributed by atoms with van der Waals surface area (Å²) < 4.78 is 38.1. The van der Waals surface area contributed by atoms with Crippen molar-refractivity contribution < 1.29 is 13.2 Å². The summed E-state index contributed by atoms with van der Waals surface area (Å²) in [6, 6.07) is 12.7. The third kappa shape index (κ3) is 4.64. The van der Waals surface area contributed by atoms with Crippen LogP contribution in [0.1, 0.15) is 43.2 Å². The van der Waals surface area contributed by atoms with Gasteiger partial charge in [-0.2, -0.15) is 18.3 Å². The van der Waals surface area contributed by atoms with Gasteiger partial charge in [0.25, 0.3) is 0 Å². The Morgan fingerprint density at radius 1 is 0.852 bits per heavy atom. The molecule has 3 aromatic rings. The summed E-state index contributed by atoms with van der Waals surface area (Å²) in [5, 5.41) is 5.72. The number of aromatic nitrogens is 3. The molecule has 0 saturated carbocycles. The summed E-state index contributed by atoms with van der Waals surface area (Å²) in [4.78, 5) is 4.11. The third-order valence-corrected chi connectivity index (χ3v) is 4.17. The molecule has 3 nitrogen and oxygen atoms in total. The fourth-order valence-electron chi connectivity index (χ4n) is 2.58. The van der Waals surface area contributed by atoms with Crippen molar-refractivity contribution in [2.75, 3.05) is 0 Å². The summed E-state index contributed by atoms with van der Waals surface area (Å²) in [7, 11) is 0. The van der Waals surface area contributed by atoms with E-state index in [1.165, 1.54) is 5.56 Å². The average Bonchev–Trinajstić information content (AvgIpc) is 3.10. The summed E-state index contributed by atoms with van der Waals surface area (Å²) in [5.74, 6) is 0. The van der Waals surface area contributed by atoms with Crippen molar-refractivity contribution in [2.45, 2.75) is 32.4 Å². The minimum Gasteiger partial charge on any atom is -0.273 e. The van der Waals surface area contributed by atoms with E-state index < -0.39 is 11.9 Å². The first-order valence-electron chi connectivity index (χ1n) is 8.50. The van der Waals surface area contributed by atoms with Gasteiger partial charge in [-0.05, 0) is 40.3 Å². The first-order chi connectivity index (χ1) is 12.6. The third-order valence-electron chi connectivity index (χ3n) is 4.17. The van der Waals surface area contributed by atoms with Crippen LogP contribution in [0.4, 0.5) is 13.2 Å². The molecule has 2 heterocycles. The Bertz CT molecular complexity index is 946. The van der Waals surface area contributed by atoms with Crippen LogP contribution in [0.3, 0.4) is 0 Å². The SMILES string of the molecule is CC(C)(C)c1ccc(C=Cc2ccnc(-c3cc(C(F)(F)F)[nH]n3)c2)cc1. The normalized spacial score (nSPS) is 12.7. The maximum atomic E-state index is 12.7. The van der Waals surface area contributed by atoms with E-state index in [1.807, 2.05) is 29.4 Å². The molecule has 3 rings (SSSR count). The highest BCUT2D eigenvalue weighted by atomic mass is 19.4. The Hall–Kier alpha value is -2.89. The summed E-state index contributed by atoms with van der Waals surface area (Å²) >= 11 is 0. The number of rotatable bonds is 3. The van der Waals surface area contributed by atoms with E-state index >= 15 is 0 Å². The van der Waals surface area contributed by atoms with Crippen LogP contribution in [0, 0.1) is 0 Å². The molecule has 140 valence electrons. The van der Waals surface area contributed by atoms with E-state index in [0.717, 1.165) is 17.2 Å². The van der Waals surface area contributed by atoms with Crippen LogP contribution >= 0.6 is 0 Å². The number of alkyl halides is 3. The van der Waals surface area contributed by atoms with Gasteiger partial charge in [-0.1, -0.05) is 57.2 Å². The van der Waals surface area contributed by atoms with E-state index in [4.69, 9.17) is 0 Å². The molecule has 27 heavy (non-hydrogen) atoms. The molecule has 0 aliphatic carbocycles. The molecule has 0 atom stereocenters. The monoisotopic (exact) mass is 371 g/mol. The van der Waals surface area contributed by atoms with Crippen LogP contribution in [0.5, 0.6) is 0 Å². The van der Waals surface area contributed by atoms with Gasteiger partial charge in [0.15, 0.2) is 0 Å². The fourth-order valence-corrected chi connectivity index (χ4v) is 2.58. The minimum atomic E-state index is -4.46. The van der Waals surface area contributed by atoms with Crippen LogP contribution in [0.15, 0.2) is 48.7 Å². The highest BCUT2D eigenvalue weighted by Gasteiger charge is 2.33. The summed E-state index contributed by atoms with van der Waals surface area (Å²) in [6.07, 6.45) is 0.952. The molecule has 0 unspecified atom stereocenters. The lowest BCUT2D eigenvalue weighted by Gasteiger charge is -2.18. The number of benzene rings is 1. The van der Waals surface area contributed by atoms with E-state index in [0.29, 0.717) is 5.69 Å². The van der Waals surface area contributed by atoms with Gasteiger partial charge in [0.05, 0.1) is 5.69 Å².